The first-order valence-corrected chi connectivity index (χ1v) is 10.3. The van der Waals surface area contributed by atoms with Gasteiger partial charge in [0.1, 0.15) is 6.54 Å². The van der Waals surface area contributed by atoms with E-state index >= 15 is 0 Å². The number of nitrogens with two attached hydrogens (primary N) is 1. The molecule has 1 heterocycles. The van der Waals surface area contributed by atoms with Gasteiger partial charge >= 0.3 is 0 Å². The van der Waals surface area contributed by atoms with Gasteiger partial charge in [0.25, 0.3) is 0 Å². The fraction of sp³-hybridized carbons (Fsp3) is 0.500. The zero-order valence-electron chi connectivity index (χ0n) is 16.1. The van der Waals surface area contributed by atoms with E-state index in [-0.39, 0.29) is 24.4 Å². The lowest BCUT2D eigenvalue weighted by Crippen LogP contribution is -2.37. The minimum atomic E-state index is -0.407. The molecule has 1 atom stereocenters. The number of amides is 2. The maximum atomic E-state index is 12.9. The van der Waals surface area contributed by atoms with E-state index < -0.39 is 5.91 Å². The van der Waals surface area contributed by atoms with Crippen LogP contribution in [-0.2, 0) is 22.6 Å². The highest BCUT2D eigenvalue weighted by molar-refractivity contribution is 5.79. The van der Waals surface area contributed by atoms with Gasteiger partial charge in [-0.15, -0.1) is 0 Å². The third-order valence-electron chi connectivity index (χ3n) is 6.14. The lowest BCUT2D eigenvalue weighted by Gasteiger charge is -2.30. The van der Waals surface area contributed by atoms with Crippen molar-refractivity contribution in [3.63, 3.8) is 0 Å². The third kappa shape index (κ3) is 4.11. The third-order valence-corrected chi connectivity index (χ3v) is 6.14. The molecule has 3 N–H and O–H groups in total. The van der Waals surface area contributed by atoms with Gasteiger partial charge in [-0.25, -0.2) is 0 Å². The van der Waals surface area contributed by atoms with Gasteiger partial charge in [0.15, 0.2) is 0 Å². The number of hydrogen-bond acceptors (Lipinski definition) is 3. The molecule has 0 aliphatic heterocycles. The summed E-state index contributed by atoms with van der Waals surface area (Å²) in [5.74, 6) is 0.387. The van der Waals surface area contributed by atoms with Crippen LogP contribution in [0.5, 0.6) is 0 Å². The zero-order chi connectivity index (χ0) is 19.5. The first-order chi connectivity index (χ1) is 13.6. The molecule has 1 fully saturated rings. The van der Waals surface area contributed by atoms with Crippen LogP contribution in [0.2, 0.25) is 0 Å². The first kappa shape index (κ1) is 18.7. The molecule has 6 nitrogen and oxygen atoms in total. The van der Waals surface area contributed by atoms with Gasteiger partial charge in [-0.3, -0.25) is 14.3 Å². The highest BCUT2D eigenvalue weighted by Gasteiger charge is 2.31. The van der Waals surface area contributed by atoms with E-state index in [1.807, 2.05) is 12.3 Å². The van der Waals surface area contributed by atoms with Crippen molar-refractivity contribution in [3.8, 4) is 0 Å². The van der Waals surface area contributed by atoms with E-state index in [0.29, 0.717) is 5.92 Å². The number of hydrogen-bond donors (Lipinski definition) is 2. The Kier molecular flexibility index (Phi) is 5.46. The number of nitrogens with zero attached hydrogens (tertiary/aromatic N) is 2. The Balaban J connectivity index is 1.36. The number of aromatic nitrogens is 2. The standard InChI is InChI=1S/C22H28N4O2/c23-20(27)14-26-13-18-7-4-8-19(21(18)25-26)24-22(28)17-11-9-16(10-12-17)15-5-2-1-3-6-15/h1-3,5-6,13,16-17,19H,4,7-12,14H2,(H2,23,27)(H,24,28)/t16?,17?,19-/m0/s1. The van der Waals surface area contributed by atoms with Crippen molar-refractivity contribution < 1.29 is 9.59 Å². The van der Waals surface area contributed by atoms with Crippen LogP contribution in [0.4, 0.5) is 0 Å². The summed E-state index contributed by atoms with van der Waals surface area (Å²) in [6.45, 7) is 0.0805. The summed E-state index contributed by atoms with van der Waals surface area (Å²) in [6, 6.07) is 10.6. The number of benzene rings is 1. The average molecular weight is 380 g/mol. The van der Waals surface area contributed by atoms with Gasteiger partial charge in [0.2, 0.25) is 11.8 Å². The summed E-state index contributed by atoms with van der Waals surface area (Å²) in [7, 11) is 0. The van der Waals surface area contributed by atoms with Crippen LogP contribution in [0.25, 0.3) is 0 Å². The van der Waals surface area contributed by atoms with Crippen molar-refractivity contribution in [2.45, 2.75) is 63.5 Å². The number of carbonyl (C=O) groups is 2. The molecule has 2 aliphatic rings. The Hall–Kier alpha value is -2.63. The summed E-state index contributed by atoms with van der Waals surface area (Å²) in [4.78, 5) is 24.1. The maximum Gasteiger partial charge on any atom is 0.239 e. The highest BCUT2D eigenvalue weighted by atomic mass is 16.2. The zero-order valence-corrected chi connectivity index (χ0v) is 16.1. The van der Waals surface area contributed by atoms with Crippen molar-refractivity contribution in [2.75, 3.05) is 0 Å². The molecule has 28 heavy (non-hydrogen) atoms. The Morgan fingerprint density at radius 1 is 1.11 bits per heavy atom. The Bertz CT molecular complexity index is 837. The maximum absolute atomic E-state index is 12.9. The molecule has 1 aromatic heterocycles. The molecule has 2 aromatic rings. The van der Waals surface area contributed by atoms with Crippen LogP contribution in [0, 0.1) is 5.92 Å². The van der Waals surface area contributed by atoms with Crippen LogP contribution in [0.1, 0.15) is 67.3 Å². The average Bonchev–Trinajstić information content (AvgIpc) is 3.11. The molecule has 1 saturated carbocycles. The van der Waals surface area contributed by atoms with E-state index in [4.69, 9.17) is 5.73 Å². The molecule has 4 rings (SSSR count). The second kappa shape index (κ2) is 8.17. The fourth-order valence-electron chi connectivity index (χ4n) is 4.68. The van der Waals surface area contributed by atoms with Crippen LogP contribution in [0.15, 0.2) is 36.5 Å². The lowest BCUT2D eigenvalue weighted by atomic mass is 9.78. The molecule has 0 spiro atoms. The van der Waals surface area contributed by atoms with Crippen molar-refractivity contribution >= 4 is 11.8 Å². The van der Waals surface area contributed by atoms with E-state index in [1.54, 1.807) is 4.68 Å². The Morgan fingerprint density at radius 2 is 1.86 bits per heavy atom. The second-order valence-corrected chi connectivity index (χ2v) is 8.12. The van der Waals surface area contributed by atoms with Crippen LogP contribution in [-0.4, -0.2) is 21.6 Å². The Labute approximate surface area is 165 Å². The smallest absolute Gasteiger partial charge is 0.239 e. The Morgan fingerprint density at radius 3 is 2.57 bits per heavy atom. The summed E-state index contributed by atoms with van der Waals surface area (Å²) in [6.07, 6.45) is 8.72. The summed E-state index contributed by atoms with van der Waals surface area (Å²) in [5.41, 5.74) is 8.68. The monoisotopic (exact) mass is 380 g/mol. The minimum absolute atomic E-state index is 0.0581. The lowest BCUT2D eigenvalue weighted by molar-refractivity contribution is -0.127. The topological polar surface area (TPSA) is 90.0 Å². The van der Waals surface area contributed by atoms with Gasteiger partial charge in [-0.1, -0.05) is 30.3 Å². The number of nitrogens with one attached hydrogen (secondary N) is 1. The molecule has 0 unspecified atom stereocenters. The quantitative estimate of drug-likeness (QED) is 0.836. The number of carbonyl (C=O) groups excluding carboxylic acids is 2. The van der Waals surface area contributed by atoms with E-state index in [0.717, 1.165) is 56.2 Å². The highest BCUT2D eigenvalue weighted by Crippen LogP contribution is 2.36. The molecule has 1 aromatic carbocycles. The molecule has 148 valence electrons. The molecular formula is C22H28N4O2. The van der Waals surface area contributed by atoms with E-state index in [1.165, 1.54) is 5.56 Å². The fourth-order valence-corrected chi connectivity index (χ4v) is 4.68. The minimum Gasteiger partial charge on any atom is -0.368 e. The summed E-state index contributed by atoms with van der Waals surface area (Å²) in [5, 5.41) is 7.76. The largest absolute Gasteiger partial charge is 0.368 e. The predicted molar refractivity (Wildman–Crippen MR) is 106 cm³/mol. The molecule has 0 bridgehead atoms. The van der Waals surface area contributed by atoms with E-state index in [9.17, 15) is 9.59 Å². The van der Waals surface area contributed by atoms with Crippen molar-refractivity contribution in [3.05, 3.63) is 53.3 Å². The molecule has 2 aliphatic carbocycles. The molecule has 6 heteroatoms. The molecule has 2 amide bonds. The van der Waals surface area contributed by atoms with E-state index in [2.05, 4.69) is 34.7 Å². The van der Waals surface area contributed by atoms with Gasteiger partial charge in [0, 0.05) is 12.1 Å². The van der Waals surface area contributed by atoms with Crippen LogP contribution < -0.4 is 11.1 Å². The van der Waals surface area contributed by atoms with Gasteiger partial charge in [-0.05, 0) is 62.0 Å². The normalized spacial score (nSPS) is 24.4. The molecule has 0 radical (unpaired) electrons. The predicted octanol–water partition coefficient (Wildman–Crippen LogP) is 2.84. The number of rotatable bonds is 5. The SMILES string of the molecule is NC(=O)Cn1cc2c(n1)[C@@H](NC(=O)C1CCC(c3ccccc3)CC1)CCC2. The van der Waals surface area contributed by atoms with Crippen LogP contribution in [0.3, 0.4) is 0 Å². The first-order valence-electron chi connectivity index (χ1n) is 10.3. The van der Waals surface area contributed by atoms with Gasteiger partial charge < -0.3 is 11.1 Å². The molecular weight excluding hydrogens is 352 g/mol. The van der Waals surface area contributed by atoms with Gasteiger partial charge in [-0.2, -0.15) is 5.10 Å². The second-order valence-electron chi connectivity index (χ2n) is 8.12. The van der Waals surface area contributed by atoms with Crippen molar-refractivity contribution in [1.82, 2.24) is 15.1 Å². The van der Waals surface area contributed by atoms with Gasteiger partial charge in [0.05, 0.1) is 11.7 Å². The summed E-state index contributed by atoms with van der Waals surface area (Å²) >= 11 is 0. The van der Waals surface area contributed by atoms with Crippen LogP contribution >= 0.6 is 0 Å². The molecule has 0 saturated heterocycles. The number of aryl methyl sites for hydroxylation is 1. The van der Waals surface area contributed by atoms with Crippen molar-refractivity contribution in [1.29, 1.82) is 0 Å². The number of fused-ring (bicyclic) bond motifs is 1. The summed E-state index contributed by atoms with van der Waals surface area (Å²) < 4.78 is 1.60. The van der Waals surface area contributed by atoms with Crippen molar-refractivity contribution in [2.24, 2.45) is 11.7 Å². The number of primary amides is 1.